The maximum absolute atomic E-state index is 13.2. The summed E-state index contributed by atoms with van der Waals surface area (Å²) in [5.41, 5.74) is -0.772. The zero-order valence-corrected chi connectivity index (χ0v) is 15.0. The van der Waals surface area contributed by atoms with Gasteiger partial charge in [0.15, 0.2) is 17.8 Å². The third kappa shape index (κ3) is 3.74. The van der Waals surface area contributed by atoms with Gasteiger partial charge in [0.1, 0.15) is 5.69 Å². The van der Waals surface area contributed by atoms with Crippen molar-refractivity contribution in [1.29, 1.82) is 0 Å². The molecule has 0 spiro atoms. The number of pyridine rings is 1. The summed E-state index contributed by atoms with van der Waals surface area (Å²) in [6.45, 7) is 1.65. The Morgan fingerprint density at radius 2 is 2.00 bits per heavy atom. The van der Waals surface area contributed by atoms with Crippen LogP contribution in [-0.2, 0) is 6.18 Å². The van der Waals surface area contributed by atoms with E-state index in [1.54, 1.807) is 19.1 Å². The molecule has 1 N–H and O–H groups in total. The number of hydrogen-bond donors (Lipinski definition) is 1. The van der Waals surface area contributed by atoms with Crippen molar-refractivity contribution in [3.63, 3.8) is 0 Å². The van der Waals surface area contributed by atoms with Crippen LogP contribution < -0.4 is 5.32 Å². The highest BCUT2D eigenvalue weighted by Crippen LogP contribution is 2.31. The molecule has 0 saturated heterocycles. The van der Waals surface area contributed by atoms with Gasteiger partial charge in [0.2, 0.25) is 0 Å². The topological polar surface area (TPSA) is 76.9 Å². The highest BCUT2D eigenvalue weighted by atomic mass is 35.5. The Morgan fingerprint density at radius 1 is 1.25 bits per heavy atom. The van der Waals surface area contributed by atoms with E-state index in [-0.39, 0.29) is 22.1 Å². The van der Waals surface area contributed by atoms with Crippen molar-refractivity contribution in [2.45, 2.75) is 13.1 Å². The van der Waals surface area contributed by atoms with Gasteiger partial charge < -0.3 is 5.32 Å². The molecule has 0 radical (unpaired) electrons. The fourth-order valence-electron chi connectivity index (χ4n) is 2.51. The second kappa shape index (κ2) is 7.43. The monoisotopic (exact) mass is 408 g/mol. The minimum absolute atomic E-state index is 0.0119. The molecule has 0 unspecified atom stereocenters. The van der Waals surface area contributed by atoms with Gasteiger partial charge in [0.05, 0.1) is 10.7 Å². The number of anilines is 1. The predicted octanol–water partition coefficient (Wildman–Crippen LogP) is 4.31. The van der Waals surface area contributed by atoms with Gasteiger partial charge in [-0.3, -0.25) is 9.59 Å². The van der Waals surface area contributed by atoms with Crippen LogP contribution in [0.15, 0.2) is 42.6 Å². The minimum Gasteiger partial charge on any atom is -0.320 e. The highest BCUT2D eigenvalue weighted by Gasteiger charge is 2.36. The summed E-state index contributed by atoms with van der Waals surface area (Å²) >= 11 is 6.01. The van der Waals surface area contributed by atoms with Gasteiger partial charge in [-0.25, -0.2) is 9.67 Å². The van der Waals surface area contributed by atoms with Crippen molar-refractivity contribution in [3.8, 4) is 5.82 Å². The number of nitrogens with zero attached hydrogens (tertiary/aromatic N) is 3. The average molecular weight is 409 g/mol. The first kappa shape index (κ1) is 19.6. The highest BCUT2D eigenvalue weighted by molar-refractivity contribution is 6.32. The van der Waals surface area contributed by atoms with E-state index in [1.807, 2.05) is 0 Å². The largest absolute Gasteiger partial charge is 0.435 e. The van der Waals surface area contributed by atoms with Crippen LogP contribution in [0.4, 0.5) is 18.9 Å². The van der Waals surface area contributed by atoms with E-state index >= 15 is 0 Å². The summed E-state index contributed by atoms with van der Waals surface area (Å²) in [4.78, 5) is 27.9. The number of aryl methyl sites for hydroxylation is 1. The standard InChI is InChI=1S/C18H12ClF3N4O2/c1-10-4-2-5-11(9-27)15(10)24-17(28)13-8-14(18(20,21)22)25-26(13)16-12(19)6-3-7-23-16/h2-9H,1H3,(H,24,28). The molecule has 0 aliphatic rings. The number of hydrogen-bond acceptors (Lipinski definition) is 4. The molecule has 1 amide bonds. The van der Waals surface area contributed by atoms with Crippen molar-refractivity contribution in [2.75, 3.05) is 5.32 Å². The van der Waals surface area contributed by atoms with E-state index in [0.29, 0.717) is 17.9 Å². The third-order valence-corrected chi connectivity index (χ3v) is 4.14. The fraction of sp³-hybridized carbons (Fsp3) is 0.111. The van der Waals surface area contributed by atoms with Crippen molar-refractivity contribution in [2.24, 2.45) is 0 Å². The molecule has 0 aliphatic heterocycles. The van der Waals surface area contributed by atoms with Gasteiger partial charge in [-0.15, -0.1) is 0 Å². The Balaban J connectivity index is 2.11. The number of nitrogens with one attached hydrogen (secondary N) is 1. The lowest BCUT2D eigenvalue weighted by Gasteiger charge is -2.12. The molecule has 0 aliphatic carbocycles. The predicted molar refractivity (Wildman–Crippen MR) is 95.9 cm³/mol. The van der Waals surface area contributed by atoms with Crippen LogP contribution in [0, 0.1) is 6.92 Å². The number of halogens is 4. The molecule has 0 fully saturated rings. The number of para-hydroxylation sites is 1. The number of aromatic nitrogens is 3. The minimum atomic E-state index is -4.78. The number of carbonyl (C=O) groups is 2. The molecule has 0 atom stereocenters. The zero-order valence-electron chi connectivity index (χ0n) is 14.3. The Bertz CT molecular complexity index is 1060. The van der Waals surface area contributed by atoms with E-state index in [0.717, 1.165) is 4.68 Å². The summed E-state index contributed by atoms with van der Waals surface area (Å²) in [5.74, 6) is -1.03. The average Bonchev–Trinajstić information content (AvgIpc) is 3.09. The zero-order chi connectivity index (χ0) is 20.5. The number of benzene rings is 1. The fourth-order valence-corrected chi connectivity index (χ4v) is 2.71. The summed E-state index contributed by atoms with van der Waals surface area (Å²) in [6, 6.07) is 8.24. The van der Waals surface area contributed by atoms with Gasteiger partial charge >= 0.3 is 6.18 Å². The molecule has 10 heteroatoms. The van der Waals surface area contributed by atoms with Crippen LogP contribution in [0.2, 0.25) is 5.02 Å². The molecule has 2 heterocycles. The quantitative estimate of drug-likeness (QED) is 0.652. The van der Waals surface area contributed by atoms with E-state index in [4.69, 9.17) is 11.6 Å². The number of aldehydes is 1. The molecular formula is C18H12ClF3N4O2. The summed E-state index contributed by atoms with van der Waals surface area (Å²) in [7, 11) is 0. The summed E-state index contributed by atoms with van der Waals surface area (Å²) < 4.78 is 40.2. The Labute approximate surface area is 162 Å². The van der Waals surface area contributed by atoms with Crippen molar-refractivity contribution >= 4 is 29.5 Å². The molecule has 3 aromatic rings. The smallest absolute Gasteiger partial charge is 0.320 e. The van der Waals surface area contributed by atoms with Crippen LogP contribution in [0.5, 0.6) is 0 Å². The lowest BCUT2D eigenvalue weighted by molar-refractivity contribution is -0.141. The van der Waals surface area contributed by atoms with Crippen LogP contribution in [0.25, 0.3) is 5.82 Å². The Morgan fingerprint density at radius 3 is 2.64 bits per heavy atom. The van der Waals surface area contributed by atoms with Gasteiger partial charge in [0, 0.05) is 17.8 Å². The maximum Gasteiger partial charge on any atom is 0.435 e. The van der Waals surface area contributed by atoms with Gasteiger partial charge in [-0.2, -0.15) is 18.3 Å². The summed E-state index contributed by atoms with van der Waals surface area (Å²) in [6.07, 6.45) is -2.93. The van der Waals surface area contributed by atoms with Gasteiger partial charge in [0.25, 0.3) is 5.91 Å². The number of carbonyl (C=O) groups excluding carboxylic acids is 2. The number of rotatable bonds is 4. The lowest BCUT2D eigenvalue weighted by Crippen LogP contribution is -2.19. The van der Waals surface area contributed by atoms with Crippen LogP contribution in [0.1, 0.15) is 32.1 Å². The summed E-state index contributed by atoms with van der Waals surface area (Å²) in [5, 5.41) is 5.94. The van der Waals surface area contributed by atoms with Crippen LogP contribution >= 0.6 is 11.6 Å². The molecule has 0 bridgehead atoms. The lowest BCUT2D eigenvalue weighted by atomic mass is 10.1. The van der Waals surface area contributed by atoms with Crippen molar-refractivity contribution in [1.82, 2.24) is 14.8 Å². The van der Waals surface area contributed by atoms with Crippen LogP contribution in [0.3, 0.4) is 0 Å². The SMILES string of the molecule is Cc1cccc(C=O)c1NC(=O)c1cc(C(F)(F)F)nn1-c1ncccc1Cl. The van der Waals surface area contributed by atoms with E-state index in [9.17, 15) is 22.8 Å². The molecule has 0 saturated carbocycles. The third-order valence-electron chi connectivity index (χ3n) is 3.84. The second-order valence-electron chi connectivity index (χ2n) is 5.74. The number of amides is 1. The normalized spacial score (nSPS) is 11.3. The van der Waals surface area contributed by atoms with E-state index in [1.165, 1.54) is 24.4 Å². The van der Waals surface area contributed by atoms with Crippen molar-refractivity contribution < 1.29 is 22.8 Å². The Hall–Kier alpha value is -3.20. The maximum atomic E-state index is 13.2. The molecule has 28 heavy (non-hydrogen) atoms. The van der Waals surface area contributed by atoms with Crippen molar-refractivity contribution in [3.05, 3.63) is 70.1 Å². The first-order chi connectivity index (χ1) is 13.2. The first-order valence-corrected chi connectivity index (χ1v) is 8.24. The van der Waals surface area contributed by atoms with E-state index < -0.39 is 23.5 Å². The molecule has 1 aromatic carbocycles. The molecule has 2 aromatic heterocycles. The molecule has 3 rings (SSSR count). The van der Waals surface area contributed by atoms with Crippen LogP contribution in [-0.4, -0.2) is 27.0 Å². The number of alkyl halides is 3. The molecular weight excluding hydrogens is 397 g/mol. The molecule has 6 nitrogen and oxygen atoms in total. The first-order valence-electron chi connectivity index (χ1n) is 7.86. The molecule has 144 valence electrons. The van der Waals surface area contributed by atoms with E-state index in [2.05, 4.69) is 15.4 Å². The Kier molecular flexibility index (Phi) is 5.19. The second-order valence-corrected chi connectivity index (χ2v) is 6.15. The van der Waals surface area contributed by atoms with Gasteiger partial charge in [-0.1, -0.05) is 23.7 Å². The van der Waals surface area contributed by atoms with Gasteiger partial charge in [-0.05, 0) is 30.7 Å².